The van der Waals surface area contributed by atoms with Crippen LogP contribution in [0.4, 0.5) is 23.5 Å². The Bertz CT molecular complexity index is 1700. The maximum absolute atomic E-state index is 14.9. The Morgan fingerprint density at radius 3 is 2.55 bits per heavy atom. The van der Waals surface area contributed by atoms with Crippen LogP contribution in [0.15, 0.2) is 42.6 Å². The van der Waals surface area contributed by atoms with E-state index in [0.717, 1.165) is 16.5 Å². The molecule has 16 heteroatoms. The molecule has 1 N–H and O–H groups in total. The number of anilines is 1. The molecule has 0 aliphatic carbocycles. The van der Waals surface area contributed by atoms with E-state index in [2.05, 4.69) is 15.1 Å². The van der Waals surface area contributed by atoms with E-state index in [1.807, 2.05) is 57.8 Å². The second-order valence-electron chi connectivity index (χ2n) is 9.18. The van der Waals surface area contributed by atoms with Gasteiger partial charge < -0.3 is 10.0 Å². The topological polar surface area (TPSA) is 104 Å². The molecule has 1 saturated heterocycles. The van der Waals surface area contributed by atoms with Gasteiger partial charge in [0.05, 0.1) is 23.0 Å². The second kappa shape index (κ2) is 10.6. The van der Waals surface area contributed by atoms with Crippen LogP contribution in [0.5, 0.6) is 5.75 Å². The van der Waals surface area contributed by atoms with Gasteiger partial charge in [-0.25, -0.2) is 27.5 Å². The molecular formula is C24H20ClF4IN6O3S. The molecule has 0 spiro atoms. The maximum atomic E-state index is 14.9. The highest BCUT2D eigenvalue weighted by atomic mass is 127. The van der Waals surface area contributed by atoms with Gasteiger partial charge in [0.25, 0.3) is 0 Å². The van der Waals surface area contributed by atoms with Crippen LogP contribution in [-0.2, 0) is 22.6 Å². The van der Waals surface area contributed by atoms with E-state index in [1.54, 1.807) is 0 Å². The summed E-state index contributed by atoms with van der Waals surface area (Å²) in [6.45, 7) is 0.688. The van der Waals surface area contributed by atoms with Crippen molar-refractivity contribution >= 4 is 61.2 Å². The Balaban J connectivity index is 1.57. The van der Waals surface area contributed by atoms with E-state index in [-0.39, 0.29) is 46.4 Å². The Morgan fingerprint density at radius 2 is 1.90 bits per heavy atom. The first kappa shape index (κ1) is 28.8. The zero-order valence-corrected chi connectivity index (χ0v) is 24.3. The van der Waals surface area contributed by atoms with Gasteiger partial charge >= 0.3 is 6.18 Å². The van der Waals surface area contributed by atoms with E-state index in [4.69, 9.17) is 11.6 Å². The first-order chi connectivity index (χ1) is 18.8. The van der Waals surface area contributed by atoms with Gasteiger partial charge in [-0.15, -0.1) is 0 Å². The van der Waals surface area contributed by atoms with Crippen molar-refractivity contribution in [3.05, 3.63) is 68.3 Å². The standard InChI is InChI=1S/C24H20ClF4IN6O3S/c1-40(38,39)34-7-8-35(14(12-34)9-13-5-3-2-4-6-13)23-31-11-17-20(32-23)22(30)33-36(17)16-10-15(24(27,28)29)18(25)21(37)19(16)26/h2-6,10-11,14,37H,7-9,12H2,1H3/t14-/m1/s1. The molecule has 212 valence electrons. The summed E-state index contributed by atoms with van der Waals surface area (Å²) in [6.07, 6.45) is -2.01. The van der Waals surface area contributed by atoms with Crippen molar-refractivity contribution in [3.63, 3.8) is 0 Å². The van der Waals surface area contributed by atoms with Gasteiger partial charge in [-0.2, -0.15) is 22.6 Å². The van der Waals surface area contributed by atoms with Gasteiger partial charge in [0.15, 0.2) is 11.6 Å². The first-order valence-electron chi connectivity index (χ1n) is 11.7. The average Bonchev–Trinajstić information content (AvgIpc) is 3.22. The zero-order chi connectivity index (χ0) is 29.0. The molecule has 5 rings (SSSR count). The third-order valence-electron chi connectivity index (χ3n) is 6.55. The van der Waals surface area contributed by atoms with Gasteiger partial charge in [-0.3, -0.25) is 0 Å². The fourth-order valence-electron chi connectivity index (χ4n) is 4.61. The van der Waals surface area contributed by atoms with Crippen LogP contribution in [0.2, 0.25) is 5.02 Å². The molecule has 1 atom stereocenters. The number of piperazine rings is 1. The van der Waals surface area contributed by atoms with Crippen LogP contribution in [0.3, 0.4) is 0 Å². The number of aromatic hydroxyl groups is 1. The lowest BCUT2D eigenvalue weighted by atomic mass is 10.0. The minimum absolute atomic E-state index is 0.0938. The molecule has 1 aliphatic rings. The van der Waals surface area contributed by atoms with Gasteiger partial charge in [0.2, 0.25) is 16.0 Å². The smallest absolute Gasteiger partial charge is 0.418 e. The summed E-state index contributed by atoms with van der Waals surface area (Å²) in [5.74, 6) is -2.48. The molecular weight excluding hydrogens is 691 g/mol. The van der Waals surface area contributed by atoms with Crippen molar-refractivity contribution in [2.75, 3.05) is 30.8 Å². The molecule has 0 radical (unpaired) electrons. The van der Waals surface area contributed by atoms with Crippen LogP contribution in [0.25, 0.3) is 16.7 Å². The molecule has 1 fully saturated rings. The van der Waals surface area contributed by atoms with Crippen LogP contribution in [0.1, 0.15) is 11.1 Å². The summed E-state index contributed by atoms with van der Waals surface area (Å²) in [5.41, 5.74) is -0.794. The molecule has 3 heterocycles. The van der Waals surface area contributed by atoms with E-state index < -0.39 is 44.0 Å². The van der Waals surface area contributed by atoms with Gasteiger partial charge in [-0.05, 0) is 40.6 Å². The van der Waals surface area contributed by atoms with E-state index in [9.17, 15) is 31.1 Å². The van der Waals surface area contributed by atoms with Crippen molar-refractivity contribution in [3.8, 4) is 11.4 Å². The molecule has 0 unspecified atom stereocenters. The summed E-state index contributed by atoms with van der Waals surface area (Å²) in [7, 11) is -3.44. The van der Waals surface area contributed by atoms with Crippen molar-refractivity contribution in [2.24, 2.45) is 0 Å². The molecule has 0 saturated carbocycles. The number of alkyl halides is 3. The highest BCUT2D eigenvalue weighted by Gasteiger charge is 2.37. The van der Waals surface area contributed by atoms with Crippen LogP contribution < -0.4 is 4.90 Å². The number of halogens is 6. The number of sulfonamides is 1. The lowest BCUT2D eigenvalue weighted by Crippen LogP contribution is -2.56. The summed E-state index contributed by atoms with van der Waals surface area (Å²) in [5, 5.41) is 13.0. The van der Waals surface area contributed by atoms with Gasteiger partial charge in [0, 0.05) is 25.7 Å². The van der Waals surface area contributed by atoms with Gasteiger partial charge in [0.1, 0.15) is 20.4 Å². The fourth-order valence-corrected chi connectivity index (χ4v) is 6.32. The number of benzene rings is 2. The van der Waals surface area contributed by atoms with Crippen molar-refractivity contribution in [1.29, 1.82) is 0 Å². The minimum Gasteiger partial charge on any atom is -0.504 e. The molecule has 4 aromatic rings. The third kappa shape index (κ3) is 5.43. The first-order valence-corrected chi connectivity index (χ1v) is 15.0. The fraction of sp³-hybridized carbons (Fsp3) is 0.292. The summed E-state index contributed by atoms with van der Waals surface area (Å²) in [4.78, 5) is 10.9. The number of phenols is 1. The number of aromatic nitrogens is 4. The highest BCUT2D eigenvalue weighted by Crippen LogP contribution is 2.43. The Morgan fingerprint density at radius 1 is 1.20 bits per heavy atom. The lowest BCUT2D eigenvalue weighted by molar-refractivity contribution is -0.137. The zero-order valence-electron chi connectivity index (χ0n) is 20.6. The summed E-state index contributed by atoms with van der Waals surface area (Å²) < 4.78 is 82.5. The molecule has 9 nitrogen and oxygen atoms in total. The lowest BCUT2D eigenvalue weighted by Gasteiger charge is -2.40. The number of rotatable bonds is 5. The number of fused-ring (bicyclic) bond motifs is 1. The SMILES string of the molecule is CS(=O)(=O)N1CCN(c2ncc3c(n2)c(I)nn3-c2cc(C(F)(F)F)c(Cl)c(O)c2F)[C@H](Cc2ccccc2)C1. The number of nitrogens with zero attached hydrogens (tertiary/aromatic N) is 6. The van der Waals surface area contributed by atoms with E-state index in [1.165, 1.54) is 10.5 Å². The maximum Gasteiger partial charge on any atom is 0.418 e. The van der Waals surface area contributed by atoms with E-state index in [0.29, 0.717) is 12.5 Å². The molecule has 0 amide bonds. The monoisotopic (exact) mass is 710 g/mol. The van der Waals surface area contributed by atoms with Crippen LogP contribution in [-0.4, -0.2) is 69.5 Å². The Kier molecular flexibility index (Phi) is 7.60. The normalized spacial score (nSPS) is 17.1. The average molecular weight is 711 g/mol. The van der Waals surface area contributed by atoms with Crippen LogP contribution in [0, 0.1) is 9.52 Å². The van der Waals surface area contributed by atoms with Crippen molar-refractivity contribution < 1.29 is 31.1 Å². The number of hydrogen-bond acceptors (Lipinski definition) is 7. The quantitative estimate of drug-likeness (QED) is 0.238. The molecule has 2 aromatic carbocycles. The number of hydrogen-bond donors (Lipinski definition) is 1. The Hall–Kier alpha value is -2.76. The molecule has 2 aromatic heterocycles. The van der Waals surface area contributed by atoms with Crippen molar-refractivity contribution in [2.45, 2.75) is 18.6 Å². The second-order valence-corrected chi connectivity index (χ2v) is 12.6. The van der Waals surface area contributed by atoms with Crippen molar-refractivity contribution in [1.82, 2.24) is 24.1 Å². The molecule has 40 heavy (non-hydrogen) atoms. The predicted octanol–water partition coefficient (Wildman–Crippen LogP) is 4.63. The minimum atomic E-state index is -4.96. The Labute approximate surface area is 244 Å². The number of phenolic OH excluding ortho intramolecular Hbond substituents is 1. The summed E-state index contributed by atoms with van der Waals surface area (Å²) in [6, 6.07) is 9.65. The predicted molar refractivity (Wildman–Crippen MR) is 149 cm³/mol. The highest BCUT2D eigenvalue weighted by molar-refractivity contribution is 14.1. The molecule has 0 bridgehead atoms. The largest absolute Gasteiger partial charge is 0.504 e. The third-order valence-corrected chi connectivity index (χ3v) is 8.92. The van der Waals surface area contributed by atoms with E-state index >= 15 is 0 Å². The van der Waals surface area contributed by atoms with Crippen LogP contribution >= 0.6 is 34.2 Å². The van der Waals surface area contributed by atoms with Gasteiger partial charge in [-0.1, -0.05) is 41.9 Å². The summed E-state index contributed by atoms with van der Waals surface area (Å²) >= 11 is 7.39. The molecule has 1 aliphatic heterocycles.